The molecule has 0 saturated carbocycles. The first kappa shape index (κ1) is 10.7. The average molecular weight is 246 g/mol. The summed E-state index contributed by atoms with van der Waals surface area (Å²) in [5, 5.41) is 16.0. The third-order valence-corrected chi connectivity index (χ3v) is 3.94. The van der Waals surface area contributed by atoms with Crippen molar-refractivity contribution in [3.8, 4) is 16.3 Å². The zero-order valence-electron chi connectivity index (χ0n) is 9.39. The molecule has 0 unspecified atom stereocenters. The molecule has 2 aromatic rings. The lowest BCUT2D eigenvalue weighted by molar-refractivity contribution is 0.475. The van der Waals surface area contributed by atoms with Gasteiger partial charge < -0.3 is 10.4 Å². The Morgan fingerprint density at radius 3 is 3.12 bits per heavy atom. The highest BCUT2D eigenvalue weighted by Gasteiger charge is 2.19. The van der Waals surface area contributed by atoms with Crippen molar-refractivity contribution in [2.75, 3.05) is 6.54 Å². The largest absolute Gasteiger partial charge is 0.508 e. The number of hydrogen-bond donors (Lipinski definition) is 2. The highest BCUT2D eigenvalue weighted by atomic mass is 32.1. The van der Waals surface area contributed by atoms with Gasteiger partial charge in [0.25, 0.3) is 0 Å². The van der Waals surface area contributed by atoms with Gasteiger partial charge in [-0.25, -0.2) is 4.98 Å². The topological polar surface area (TPSA) is 45.2 Å². The molecule has 1 aromatic carbocycles. The molecule has 1 saturated heterocycles. The molecule has 1 aliphatic heterocycles. The van der Waals surface area contributed by atoms with Crippen molar-refractivity contribution < 1.29 is 5.11 Å². The second-order valence-electron chi connectivity index (χ2n) is 4.28. The van der Waals surface area contributed by atoms with E-state index in [4.69, 9.17) is 0 Å². The van der Waals surface area contributed by atoms with Crippen LogP contribution < -0.4 is 5.32 Å². The quantitative estimate of drug-likeness (QED) is 0.856. The van der Waals surface area contributed by atoms with E-state index in [0.717, 1.165) is 22.8 Å². The number of phenolic OH excluding ortho intramolecular Hbond substituents is 1. The van der Waals surface area contributed by atoms with Crippen LogP contribution in [-0.2, 0) is 0 Å². The first-order valence-electron chi connectivity index (χ1n) is 5.81. The van der Waals surface area contributed by atoms with E-state index in [9.17, 15) is 5.11 Å². The lowest BCUT2D eigenvalue weighted by Gasteiger charge is -2.05. The van der Waals surface area contributed by atoms with Crippen LogP contribution in [0.15, 0.2) is 29.6 Å². The first-order chi connectivity index (χ1) is 8.33. The normalized spacial score (nSPS) is 19.6. The van der Waals surface area contributed by atoms with Crippen molar-refractivity contribution in [3.63, 3.8) is 0 Å². The van der Waals surface area contributed by atoms with E-state index in [1.807, 2.05) is 12.1 Å². The van der Waals surface area contributed by atoms with Crippen LogP contribution in [0, 0.1) is 0 Å². The molecular formula is C13H14N2OS. The van der Waals surface area contributed by atoms with Gasteiger partial charge in [-0.05, 0) is 31.5 Å². The Hall–Kier alpha value is -1.39. The van der Waals surface area contributed by atoms with E-state index in [2.05, 4.69) is 15.7 Å². The molecule has 3 rings (SSSR count). The summed E-state index contributed by atoms with van der Waals surface area (Å²) in [4.78, 5) is 4.65. The molecule has 17 heavy (non-hydrogen) atoms. The molecule has 88 valence electrons. The van der Waals surface area contributed by atoms with Gasteiger partial charge in [0.15, 0.2) is 0 Å². The Labute approximate surface area is 104 Å². The Kier molecular flexibility index (Phi) is 2.82. The van der Waals surface area contributed by atoms with Gasteiger partial charge in [-0.2, -0.15) is 0 Å². The molecular weight excluding hydrogens is 232 g/mol. The molecule has 0 radical (unpaired) electrons. The van der Waals surface area contributed by atoms with Crippen LogP contribution in [0.4, 0.5) is 0 Å². The summed E-state index contributed by atoms with van der Waals surface area (Å²) < 4.78 is 0. The minimum atomic E-state index is 0.290. The molecule has 2 heterocycles. The Morgan fingerprint density at radius 2 is 2.35 bits per heavy atom. The maximum absolute atomic E-state index is 9.46. The van der Waals surface area contributed by atoms with Crippen molar-refractivity contribution in [1.29, 1.82) is 0 Å². The van der Waals surface area contributed by atoms with E-state index in [-0.39, 0.29) is 0 Å². The molecule has 0 bridgehead atoms. The van der Waals surface area contributed by atoms with Crippen molar-refractivity contribution in [2.24, 2.45) is 0 Å². The van der Waals surface area contributed by atoms with Gasteiger partial charge in [0.1, 0.15) is 10.8 Å². The molecule has 0 spiro atoms. The molecule has 1 aliphatic rings. The fraction of sp³-hybridized carbons (Fsp3) is 0.308. The monoisotopic (exact) mass is 246 g/mol. The van der Waals surface area contributed by atoms with Crippen molar-refractivity contribution in [2.45, 2.75) is 18.9 Å². The van der Waals surface area contributed by atoms with E-state index in [1.165, 1.54) is 12.8 Å². The van der Waals surface area contributed by atoms with Crippen LogP contribution in [-0.4, -0.2) is 16.6 Å². The zero-order valence-corrected chi connectivity index (χ0v) is 10.2. The van der Waals surface area contributed by atoms with Crippen molar-refractivity contribution in [1.82, 2.24) is 10.3 Å². The van der Waals surface area contributed by atoms with E-state index in [0.29, 0.717) is 11.8 Å². The minimum absolute atomic E-state index is 0.290. The summed E-state index contributed by atoms with van der Waals surface area (Å²) >= 11 is 1.64. The van der Waals surface area contributed by atoms with E-state index in [1.54, 1.807) is 23.5 Å². The minimum Gasteiger partial charge on any atom is -0.508 e. The molecule has 0 amide bonds. The van der Waals surface area contributed by atoms with Crippen LogP contribution >= 0.6 is 11.3 Å². The SMILES string of the molecule is Oc1cccc(-c2nc([C@@H]3CCCN3)cs2)c1. The summed E-state index contributed by atoms with van der Waals surface area (Å²) in [5.74, 6) is 0.290. The van der Waals surface area contributed by atoms with Gasteiger partial charge in [0.05, 0.1) is 11.7 Å². The number of rotatable bonds is 2. The first-order valence-corrected chi connectivity index (χ1v) is 6.69. The van der Waals surface area contributed by atoms with E-state index < -0.39 is 0 Å². The predicted molar refractivity (Wildman–Crippen MR) is 69.2 cm³/mol. The number of nitrogens with zero attached hydrogens (tertiary/aromatic N) is 1. The van der Waals surface area contributed by atoms with Crippen LogP contribution in [0.25, 0.3) is 10.6 Å². The predicted octanol–water partition coefficient (Wildman–Crippen LogP) is 2.94. The standard InChI is InChI=1S/C13H14N2OS/c16-10-4-1-3-9(7-10)13-15-12(8-17-13)11-5-2-6-14-11/h1,3-4,7-8,11,14,16H,2,5-6H2/t11-/m0/s1. The van der Waals surface area contributed by atoms with Gasteiger partial charge in [0.2, 0.25) is 0 Å². The van der Waals surface area contributed by atoms with Gasteiger partial charge in [0, 0.05) is 10.9 Å². The number of benzene rings is 1. The maximum Gasteiger partial charge on any atom is 0.123 e. The highest BCUT2D eigenvalue weighted by molar-refractivity contribution is 7.13. The third-order valence-electron chi connectivity index (χ3n) is 3.03. The number of thiazole rings is 1. The Balaban J connectivity index is 1.89. The van der Waals surface area contributed by atoms with Gasteiger partial charge in [-0.1, -0.05) is 12.1 Å². The summed E-state index contributed by atoms with van der Waals surface area (Å²) in [7, 11) is 0. The highest BCUT2D eigenvalue weighted by Crippen LogP contribution is 2.30. The molecule has 4 heteroatoms. The van der Waals surface area contributed by atoms with Crippen LogP contribution in [0.5, 0.6) is 5.75 Å². The molecule has 1 atom stereocenters. The van der Waals surface area contributed by atoms with Crippen LogP contribution in [0.3, 0.4) is 0 Å². The second-order valence-corrected chi connectivity index (χ2v) is 5.13. The Morgan fingerprint density at radius 1 is 1.41 bits per heavy atom. The summed E-state index contributed by atoms with van der Waals surface area (Å²) in [5.41, 5.74) is 2.12. The lowest BCUT2D eigenvalue weighted by atomic mass is 10.2. The van der Waals surface area contributed by atoms with Gasteiger partial charge in [-0.15, -0.1) is 11.3 Å². The van der Waals surface area contributed by atoms with E-state index >= 15 is 0 Å². The molecule has 1 fully saturated rings. The number of aromatic hydroxyl groups is 1. The summed E-state index contributed by atoms with van der Waals surface area (Å²) in [6.07, 6.45) is 2.40. The molecule has 2 N–H and O–H groups in total. The fourth-order valence-corrected chi connectivity index (χ4v) is 3.03. The van der Waals surface area contributed by atoms with Crippen LogP contribution in [0.1, 0.15) is 24.6 Å². The second kappa shape index (κ2) is 4.47. The number of aromatic nitrogens is 1. The van der Waals surface area contributed by atoms with Gasteiger partial charge >= 0.3 is 0 Å². The van der Waals surface area contributed by atoms with Crippen LogP contribution in [0.2, 0.25) is 0 Å². The third kappa shape index (κ3) is 2.18. The number of nitrogens with one attached hydrogen (secondary N) is 1. The van der Waals surface area contributed by atoms with Gasteiger partial charge in [-0.3, -0.25) is 0 Å². The summed E-state index contributed by atoms with van der Waals surface area (Å²) in [6.45, 7) is 1.09. The number of phenols is 1. The number of hydrogen-bond acceptors (Lipinski definition) is 4. The van der Waals surface area contributed by atoms with Crippen molar-refractivity contribution >= 4 is 11.3 Å². The van der Waals surface area contributed by atoms with Crippen molar-refractivity contribution in [3.05, 3.63) is 35.3 Å². The lowest BCUT2D eigenvalue weighted by Crippen LogP contribution is -2.12. The zero-order chi connectivity index (χ0) is 11.7. The average Bonchev–Trinajstić information content (AvgIpc) is 3.00. The molecule has 3 nitrogen and oxygen atoms in total. The fourth-order valence-electron chi connectivity index (χ4n) is 2.15. The molecule has 0 aliphatic carbocycles. The summed E-state index contributed by atoms with van der Waals surface area (Å²) in [6, 6.07) is 7.67. The maximum atomic E-state index is 9.46. The Bertz CT molecular complexity index is 518. The molecule has 1 aromatic heterocycles. The smallest absolute Gasteiger partial charge is 0.123 e.